The highest BCUT2D eigenvalue weighted by Crippen LogP contribution is 2.33. The zero-order chi connectivity index (χ0) is 14.4. The molecule has 0 bridgehead atoms. The Balaban J connectivity index is 2.29. The Morgan fingerprint density at radius 1 is 1.20 bits per heavy atom. The number of allylic oxidation sites excluding steroid dienone is 1. The highest BCUT2D eigenvalue weighted by molar-refractivity contribution is 6.31. The minimum absolute atomic E-state index is 0.284. The van der Waals surface area contributed by atoms with Crippen molar-refractivity contribution in [3.05, 3.63) is 46.0 Å². The molecular formula is C18H26ClN. The molecule has 0 aromatic heterocycles. The van der Waals surface area contributed by atoms with E-state index >= 15 is 0 Å². The Hall–Kier alpha value is -0.790. The summed E-state index contributed by atoms with van der Waals surface area (Å²) in [5.41, 5.74) is 3.98. The minimum atomic E-state index is 0.284. The zero-order valence-electron chi connectivity index (χ0n) is 12.7. The molecule has 1 unspecified atom stereocenters. The molecule has 1 aromatic carbocycles. The fourth-order valence-electron chi connectivity index (χ4n) is 2.99. The normalized spacial score (nSPS) is 20.6. The maximum Gasteiger partial charge on any atom is 0.0550 e. The van der Waals surface area contributed by atoms with Gasteiger partial charge < -0.3 is 5.32 Å². The number of halogens is 1. The first-order valence-electron chi connectivity index (χ1n) is 7.90. The number of nitrogens with one attached hydrogen (secondary N) is 1. The van der Waals surface area contributed by atoms with Crippen molar-refractivity contribution in [3.8, 4) is 0 Å². The van der Waals surface area contributed by atoms with Crippen LogP contribution >= 0.6 is 11.6 Å². The van der Waals surface area contributed by atoms with Gasteiger partial charge in [0.25, 0.3) is 0 Å². The van der Waals surface area contributed by atoms with E-state index in [2.05, 4.69) is 43.4 Å². The molecule has 1 N–H and O–H groups in total. The quantitative estimate of drug-likeness (QED) is 0.714. The molecular weight excluding hydrogens is 266 g/mol. The van der Waals surface area contributed by atoms with E-state index in [1.807, 2.05) is 0 Å². The minimum Gasteiger partial charge on any atom is -0.307 e. The van der Waals surface area contributed by atoms with Crippen molar-refractivity contribution in [2.45, 2.75) is 58.4 Å². The van der Waals surface area contributed by atoms with Gasteiger partial charge in [-0.15, -0.1) is 0 Å². The second kappa shape index (κ2) is 7.85. The largest absolute Gasteiger partial charge is 0.307 e. The molecule has 20 heavy (non-hydrogen) atoms. The fourth-order valence-corrected chi connectivity index (χ4v) is 3.33. The Morgan fingerprint density at radius 2 is 2.00 bits per heavy atom. The third-order valence-corrected chi connectivity index (χ3v) is 4.40. The third kappa shape index (κ3) is 4.10. The van der Waals surface area contributed by atoms with Gasteiger partial charge in [0.15, 0.2) is 0 Å². The Morgan fingerprint density at radius 3 is 2.75 bits per heavy atom. The van der Waals surface area contributed by atoms with Crippen molar-refractivity contribution < 1.29 is 0 Å². The average molecular weight is 292 g/mol. The summed E-state index contributed by atoms with van der Waals surface area (Å²) in [4.78, 5) is 0. The topological polar surface area (TPSA) is 12.0 Å². The van der Waals surface area contributed by atoms with Gasteiger partial charge in [-0.05, 0) is 56.3 Å². The predicted octanol–water partition coefficient (Wildman–Crippen LogP) is 5.58. The lowest BCUT2D eigenvalue weighted by atomic mass is 9.90. The second-order valence-corrected chi connectivity index (χ2v) is 6.15. The summed E-state index contributed by atoms with van der Waals surface area (Å²) >= 11 is 6.49. The van der Waals surface area contributed by atoms with E-state index in [4.69, 9.17) is 11.6 Å². The number of hydrogen-bond donors (Lipinski definition) is 1. The fraction of sp³-hybridized carbons (Fsp3) is 0.556. The van der Waals surface area contributed by atoms with Crippen molar-refractivity contribution in [2.24, 2.45) is 0 Å². The maximum atomic E-state index is 6.49. The monoisotopic (exact) mass is 291 g/mol. The average Bonchev–Trinajstić information content (AvgIpc) is 2.37. The molecule has 0 saturated heterocycles. The Kier molecular flexibility index (Phi) is 6.12. The van der Waals surface area contributed by atoms with Crippen molar-refractivity contribution in [2.75, 3.05) is 6.54 Å². The van der Waals surface area contributed by atoms with Gasteiger partial charge >= 0.3 is 0 Å². The van der Waals surface area contributed by atoms with Crippen LogP contribution in [0.2, 0.25) is 5.02 Å². The van der Waals surface area contributed by atoms with Gasteiger partial charge in [-0.3, -0.25) is 0 Å². The number of benzene rings is 1. The van der Waals surface area contributed by atoms with Gasteiger partial charge in [0.05, 0.1) is 6.04 Å². The predicted molar refractivity (Wildman–Crippen MR) is 88.4 cm³/mol. The smallest absolute Gasteiger partial charge is 0.0550 e. The van der Waals surface area contributed by atoms with Crippen LogP contribution in [0.3, 0.4) is 0 Å². The van der Waals surface area contributed by atoms with Gasteiger partial charge in [0, 0.05) is 5.02 Å². The number of hydrogen-bond acceptors (Lipinski definition) is 1. The highest BCUT2D eigenvalue weighted by Gasteiger charge is 2.18. The lowest BCUT2D eigenvalue weighted by Crippen LogP contribution is -2.23. The van der Waals surface area contributed by atoms with Gasteiger partial charge in [0.1, 0.15) is 0 Å². The van der Waals surface area contributed by atoms with Crippen molar-refractivity contribution in [3.63, 3.8) is 0 Å². The van der Waals surface area contributed by atoms with Gasteiger partial charge in [-0.25, -0.2) is 0 Å². The van der Waals surface area contributed by atoms with Gasteiger partial charge in [-0.2, -0.15) is 0 Å². The second-order valence-electron chi connectivity index (χ2n) is 5.75. The first kappa shape index (κ1) is 15.6. The van der Waals surface area contributed by atoms with Crippen LogP contribution in [-0.2, 0) is 0 Å². The standard InChI is InChI=1S/C18H26ClN/c1-3-20-18(15-9-7-5-4-6-8-10-15)16-12-11-14(2)13-17(16)19/h9,11-13,18,20H,3-8,10H2,1-2H3/b15-9+. The molecule has 0 radical (unpaired) electrons. The molecule has 0 aliphatic heterocycles. The van der Waals surface area contributed by atoms with Gasteiger partial charge in [0.2, 0.25) is 0 Å². The van der Waals surface area contributed by atoms with Crippen molar-refractivity contribution in [1.29, 1.82) is 0 Å². The van der Waals surface area contributed by atoms with Crippen LogP contribution in [0.25, 0.3) is 0 Å². The van der Waals surface area contributed by atoms with E-state index in [-0.39, 0.29) is 6.04 Å². The number of likely N-dealkylation sites (N-methyl/N-ethyl adjacent to an activating group) is 1. The van der Waals surface area contributed by atoms with E-state index in [1.165, 1.54) is 55.2 Å². The molecule has 1 aliphatic carbocycles. The lowest BCUT2D eigenvalue weighted by Gasteiger charge is -2.24. The van der Waals surface area contributed by atoms with Crippen LogP contribution < -0.4 is 5.32 Å². The molecule has 0 spiro atoms. The SMILES string of the molecule is CCNC(/C1=C/CCCCCC1)c1ccc(C)cc1Cl. The van der Waals surface area contributed by atoms with E-state index in [1.54, 1.807) is 0 Å². The molecule has 2 heteroatoms. The molecule has 2 rings (SSSR count). The summed E-state index contributed by atoms with van der Waals surface area (Å²) in [5, 5.41) is 4.51. The third-order valence-electron chi connectivity index (χ3n) is 4.07. The maximum absolute atomic E-state index is 6.49. The van der Waals surface area contributed by atoms with E-state index < -0.39 is 0 Å². The molecule has 1 aromatic rings. The van der Waals surface area contributed by atoms with Gasteiger partial charge in [-0.1, -0.05) is 55.1 Å². The van der Waals surface area contributed by atoms with Crippen molar-refractivity contribution in [1.82, 2.24) is 5.32 Å². The molecule has 0 saturated carbocycles. The molecule has 1 atom stereocenters. The molecule has 1 nitrogen and oxygen atoms in total. The number of aryl methyl sites for hydroxylation is 1. The van der Waals surface area contributed by atoms with Crippen LogP contribution in [0.1, 0.15) is 62.6 Å². The van der Waals surface area contributed by atoms with Crippen molar-refractivity contribution >= 4 is 11.6 Å². The summed E-state index contributed by atoms with van der Waals surface area (Å²) in [6.07, 6.45) is 10.2. The summed E-state index contributed by atoms with van der Waals surface area (Å²) in [6, 6.07) is 6.70. The van der Waals surface area contributed by atoms with E-state index in [0.29, 0.717) is 0 Å². The highest BCUT2D eigenvalue weighted by atomic mass is 35.5. The summed E-state index contributed by atoms with van der Waals surface area (Å²) in [5.74, 6) is 0. The zero-order valence-corrected chi connectivity index (χ0v) is 13.5. The summed E-state index contributed by atoms with van der Waals surface area (Å²) < 4.78 is 0. The molecule has 110 valence electrons. The first-order chi connectivity index (χ1) is 9.72. The van der Waals surface area contributed by atoms with Crippen LogP contribution in [0.15, 0.2) is 29.8 Å². The molecule has 0 amide bonds. The Bertz CT molecular complexity index is 464. The van der Waals surface area contributed by atoms with Crippen LogP contribution in [0.4, 0.5) is 0 Å². The molecule has 1 aliphatic rings. The lowest BCUT2D eigenvalue weighted by molar-refractivity contribution is 0.554. The molecule has 0 fully saturated rings. The van der Waals surface area contributed by atoms with Crippen LogP contribution in [0, 0.1) is 6.92 Å². The first-order valence-corrected chi connectivity index (χ1v) is 8.28. The summed E-state index contributed by atoms with van der Waals surface area (Å²) in [7, 11) is 0. The molecule has 0 heterocycles. The van der Waals surface area contributed by atoms with Crippen LogP contribution in [-0.4, -0.2) is 6.54 Å². The van der Waals surface area contributed by atoms with E-state index in [9.17, 15) is 0 Å². The Labute approximate surface area is 128 Å². The number of rotatable bonds is 4. The summed E-state index contributed by atoms with van der Waals surface area (Å²) in [6.45, 7) is 5.22. The van der Waals surface area contributed by atoms with E-state index in [0.717, 1.165) is 11.6 Å². The van der Waals surface area contributed by atoms with Crippen LogP contribution in [0.5, 0.6) is 0 Å².